The molecule has 0 unspecified atom stereocenters. The smallest absolute Gasteiger partial charge is 0.348 e. The number of rotatable bonds is 10. The second-order valence-corrected chi connectivity index (χ2v) is 11.1. The van der Waals surface area contributed by atoms with E-state index in [9.17, 15) is 14.4 Å². The Bertz CT molecular complexity index is 1360. The second kappa shape index (κ2) is 12.6. The molecule has 196 valence electrons. The van der Waals surface area contributed by atoms with E-state index in [1.807, 2.05) is 30.3 Å². The molecule has 3 aromatic rings. The number of fused-ring (bicyclic) bond motifs is 1. The van der Waals surface area contributed by atoms with Crippen LogP contribution < -0.4 is 5.56 Å². The molecule has 0 aliphatic heterocycles. The lowest BCUT2D eigenvalue weighted by atomic mass is 9.97. The molecule has 1 aliphatic carbocycles. The van der Waals surface area contributed by atoms with Gasteiger partial charge in [-0.15, -0.1) is 11.3 Å². The van der Waals surface area contributed by atoms with Crippen molar-refractivity contribution in [3.05, 3.63) is 68.3 Å². The van der Waals surface area contributed by atoms with Gasteiger partial charge in [-0.25, -0.2) is 9.78 Å². The molecule has 37 heavy (non-hydrogen) atoms. The lowest BCUT2D eigenvalue weighted by molar-refractivity contribution is -0.127. The zero-order valence-electron chi connectivity index (χ0n) is 21.6. The fraction of sp³-hybridized carbons (Fsp3) is 0.429. The number of carbonyl (C=O) groups excluding carboxylic acids is 2. The summed E-state index contributed by atoms with van der Waals surface area (Å²) in [7, 11) is 1.78. The number of aryl methyl sites for hydroxylation is 1. The van der Waals surface area contributed by atoms with Gasteiger partial charge in [-0.05, 0) is 57.1 Å². The number of ether oxygens (including phenoxy) is 1. The van der Waals surface area contributed by atoms with Crippen LogP contribution in [-0.2, 0) is 22.6 Å². The molecule has 2 heterocycles. The van der Waals surface area contributed by atoms with Crippen LogP contribution in [0.3, 0.4) is 0 Å². The monoisotopic (exact) mass is 539 g/mol. The van der Waals surface area contributed by atoms with Crippen molar-refractivity contribution in [2.75, 3.05) is 19.4 Å². The minimum absolute atomic E-state index is 0.0423. The molecule has 0 N–H and O–H groups in total. The average molecular weight is 540 g/mol. The number of hydrogen-bond acceptors (Lipinski definition) is 7. The van der Waals surface area contributed by atoms with E-state index in [-0.39, 0.29) is 23.8 Å². The Balaban J connectivity index is 1.61. The number of thioether (sulfide) groups is 1. The number of thiophene rings is 1. The molecule has 1 amide bonds. The maximum Gasteiger partial charge on any atom is 0.348 e. The minimum atomic E-state index is -0.437. The molecule has 9 heteroatoms. The van der Waals surface area contributed by atoms with E-state index in [0.717, 1.165) is 24.8 Å². The van der Waals surface area contributed by atoms with Crippen molar-refractivity contribution in [2.24, 2.45) is 0 Å². The summed E-state index contributed by atoms with van der Waals surface area (Å²) in [4.78, 5) is 46.5. The van der Waals surface area contributed by atoms with Crippen molar-refractivity contribution >= 4 is 45.2 Å². The van der Waals surface area contributed by atoms with Crippen LogP contribution in [0.1, 0.15) is 59.8 Å². The summed E-state index contributed by atoms with van der Waals surface area (Å²) < 4.78 is 6.87. The molecule has 0 radical (unpaired) electrons. The third kappa shape index (κ3) is 6.51. The lowest BCUT2D eigenvalue weighted by Crippen LogP contribution is -2.29. The highest BCUT2D eigenvalue weighted by Crippen LogP contribution is 2.30. The van der Waals surface area contributed by atoms with Gasteiger partial charge >= 0.3 is 5.97 Å². The summed E-state index contributed by atoms with van der Waals surface area (Å²) in [5.41, 5.74) is 2.86. The Morgan fingerprint density at radius 1 is 1.22 bits per heavy atom. The average Bonchev–Trinajstić information content (AvgIpc) is 3.24. The van der Waals surface area contributed by atoms with E-state index in [4.69, 9.17) is 9.72 Å². The summed E-state index contributed by atoms with van der Waals surface area (Å²) >= 11 is 2.45. The van der Waals surface area contributed by atoms with E-state index >= 15 is 0 Å². The van der Waals surface area contributed by atoms with Crippen LogP contribution in [0.2, 0.25) is 0 Å². The molecule has 0 fully saturated rings. The number of amides is 1. The van der Waals surface area contributed by atoms with Crippen molar-refractivity contribution in [1.29, 1.82) is 0 Å². The summed E-state index contributed by atoms with van der Waals surface area (Å²) in [5.74, 6) is -0.313. The first-order valence-electron chi connectivity index (χ1n) is 12.7. The molecule has 7 nitrogen and oxygen atoms in total. The number of allylic oxidation sites excluding steroid dienone is 2. The summed E-state index contributed by atoms with van der Waals surface area (Å²) in [5, 5.41) is 0.967. The highest BCUT2D eigenvalue weighted by Gasteiger charge is 2.23. The Morgan fingerprint density at radius 2 is 2.00 bits per heavy atom. The predicted octanol–water partition coefficient (Wildman–Crippen LogP) is 5.58. The van der Waals surface area contributed by atoms with Crippen LogP contribution in [0.4, 0.5) is 0 Å². The summed E-state index contributed by atoms with van der Waals surface area (Å²) in [6.07, 6.45) is 7.58. The lowest BCUT2D eigenvalue weighted by Gasteiger charge is -2.18. The van der Waals surface area contributed by atoms with Crippen LogP contribution in [0.25, 0.3) is 10.2 Å². The van der Waals surface area contributed by atoms with Gasteiger partial charge in [0.15, 0.2) is 5.16 Å². The van der Waals surface area contributed by atoms with Crippen LogP contribution >= 0.6 is 23.1 Å². The van der Waals surface area contributed by atoms with Crippen LogP contribution in [-0.4, -0.2) is 45.7 Å². The highest BCUT2D eigenvalue weighted by atomic mass is 32.2. The zero-order valence-corrected chi connectivity index (χ0v) is 23.3. The molecular formula is C28H33N3O4S2. The van der Waals surface area contributed by atoms with E-state index in [0.29, 0.717) is 38.9 Å². The van der Waals surface area contributed by atoms with Crippen molar-refractivity contribution in [3.63, 3.8) is 0 Å². The second-order valence-electron chi connectivity index (χ2n) is 9.19. The summed E-state index contributed by atoms with van der Waals surface area (Å²) in [6.45, 7) is 4.80. The van der Waals surface area contributed by atoms with E-state index in [2.05, 4.69) is 6.08 Å². The normalized spacial score (nSPS) is 13.4. The largest absolute Gasteiger partial charge is 0.462 e. The van der Waals surface area contributed by atoms with Gasteiger partial charge in [0.2, 0.25) is 5.91 Å². The van der Waals surface area contributed by atoms with Crippen molar-refractivity contribution in [1.82, 2.24) is 14.5 Å². The first-order valence-corrected chi connectivity index (χ1v) is 14.5. The molecule has 0 bridgehead atoms. The van der Waals surface area contributed by atoms with Crippen LogP contribution in [0.15, 0.2) is 51.9 Å². The molecule has 1 aromatic carbocycles. The van der Waals surface area contributed by atoms with Crippen LogP contribution in [0, 0.1) is 6.92 Å². The minimum Gasteiger partial charge on any atom is -0.462 e. The number of esters is 1. The standard InChI is InChI=1S/C28H33N3O4S2/c1-4-35-27(34)24-19(2)23-25(37-24)29-28(31(26(23)33)16-15-20-11-7-5-8-12-20)36-18-22(32)30(3)17-21-13-9-6-10-14-21/h6,9-11,13-14H,4-5,7-8,12,15-18H2,1-3H3. The molecule has 1 aliphatic rings. The van der Waals surface area contributed by atoms with Gasteiger partial charge in [0.05, 0.1) is 17.7 Å². The molecule has 0 saturated carbocycles. The van der Waals surface area contributed by atoms with Gasteiger partial charge in [-0.2, -0.15) is 0 Å². The van der Waals surface area contributed by atoms with E-state index in [1.165, 1.54) is 41.5 Å². The zero-order chi connectivity index (χ0) is 26.4. The Kier molecular flexibility index (Phi) is 9.21. The van der Waals surface area contributed by atoms with Crippen molar-refractivity contribution in [3.8, 4) is 0 Å². The number of benzene rings is 1. The fourth-order valence-electron chi connectivity index (χ4n) is 4.47. The predicted molar refractivity (Wildman–Crippen MR) is 149 cm³/mol. The molecule has 2 aromatic heterocycles. The Morgan fingerprint density at radius 3 is 2.70 bits per heavy atom. The molecular weight excluding hydrogens is 506 g/mol. The van der Waals surface area contributed by atoms with Crippen molar-refractivity contribution in [2.45, 2.75) is 64.2 Å². The van der Waals surface area contributed by atoms with Crippen molar-refractivity contribution < 1.29 is 14.3 Å². The fourth-order valence-corrected chi connectivity index (χ4v) is 6.55. The van der Waals surface area contributed by atoms with Gasteiger partial charge in [-0.1, -0.05) is 53.7 Å². The Labute approximate surface area is 225 Å². The summed E-state index contributed by atoms with van der Waals surface area (Å²) in [6, 6.07) is 9.84. The number of hydrogen-bond donors (Lipinski definition) is 0. The molecule has 0 atom stereocenters. The maximum atomic E-state index is 13.7. The van der Waals surface area contributed by atoms with Gasteiger partial charge in [0, 0.05) is 20.1 Å². The van der Waals surface area contributed by atoms with Crippen LogP contribution in [0.5, 0.6) is 0 Å². The quantitative estimate of drug-likeness (QED) is 0.145. The molecule has 4 rings (SSSR count). The number of nitrogens with zero attached hydrogens (tertiary/aromatic N) is 3. The van der Waals surface area contributed by atoms with E-state index in [1.54, 1.807) is 30.4 Å². The number of aromatic nitrogens is 2. The molecule has 0 spiro atoms. The van der Waals surface area contributed by atoms with Gasteiger partial charge in [-0.3, -0.25) is 14.2 Å². The van der Waals surface area contributed by atoms with Gasteiger partial charge < -0.3 is 9.64 Å². The SMILES string of the molecule is CCOC(=O)c1sc2nc(SCC(=O)N(C)Cc3ccccc3)n(CCC3=CCCCC3)c(=O)c2c1C. The first kappa shape index (κ1) is 27.1. The van der Waals surface area contributed by atoms with Gasteiger partial charge in [0.1, 0.15) is 9.71 Å². The Hall–Kier alpha value is -2.91. The third-order valence-corrected chi connectivity index (χ3v) is 8.66. The number of carbonyl (C=O) groups is 2. The topological polar surface area (TPSA) is 81.5 Å². The maximum absolute atomic E-state index is 13.7. The highest BCUT2D eigenvalue weighted by molar-refractivity contribution is 7.99. The third-order valence-electron chi connectivity index (χ3n) is 6.53. The van der Waals surface area contributed by atoms with Gasteiger partial charge in [0.25, 0.3) is 5.56 Å². The van der Waals surface area contributed by atoms with E-state index < -0.39 is 5.97 Å². The molecule has 0 saturated heterocycles. The first-order chi connectivity index (χ1) is 17.9.